The predicted molar refractivity (Wildman–Crippen MR) is 196 cm³/mol. The van der Waals surface area contributed by atoms with Gasteiger partial charge in [-0.05, 0) is 66.8 Å². The quantitative estimate of drug-likeness (QED) is 0.145. The molecule has 3 aromatic rings. The lowest BCUT2D eigenvalue weighted by molar-refractivity contribution is -0.146. The van der Waals surface area contributed by atoms with Gasteiger partial charge in [-0.1, -0.05) is 100.0 Å². The minimum absolute atomic E-state index is 0.166. The number of ether oxygens (including phenoxy) is 1. The van der Waals surface area contributed by atoms with Crippen molar-refractivity contribution in [3.05, 3.63) is 102 Å². The number of aryl methyl sites for hydroxylation is 1. The van der Waals surface area contributed by atoms with Gasteiger partial charge in [-0.25, -0.2) is 4.79 Å². The van der Waals surface area contributed by atoms with Crippen molar-refractivity contribution in [3.63, 3.8) is 0 Å². The van der Waals surface area contributed by atoms with Crippen LogP contribution in [0.1, 0.15) is 63.1 Å². The fraction of sp³-hybridized carbons (Fsp3) is 0.475. The second-order valence-electron chi connectivity index (χ2n) is 13.4. The van der Waals surface area contributed by atoms with E-state index in [2.05, 4.69) is 10.6 Å². The molecular formula is C40H55N5O5. The molecule has 1 heterocycles. The Morgan fingerprint density at radius 2 is 1.66 bits per heavy atom. The molecule has 1 fully saturated rings. The van der Waals surface area contributed by atoms with E-state index in [1.165, 1.54) is 4.90 Å². The summed E-state index contributed by atoms with van der Waals surface area (Å²) in [6.45, 7) is 7.35. The van der Waals surface area contributed by atoms with Crippen molar-refractivity contribution in [3.8, 4) is 5.75 Å². The van der Waals surface area contributed by atoms with Gasteiger partial charge in [-0.2, -0.15) is 0 Å². The van der Waals surface area contributed by atoms with E-state index in [0.29, 0.717) is 58.2 Å². The Kier molecular flexibility index (Phi) is 14.2. The molecule has 5 atom stereocenters. The van der Waals surface area contributed by atoms with Crippen LogP contribution in [0.2, 0.25) is 0 Å². The molecule has 270 valence electrons. The first-order valence-electron chi connectivity index (χ1n) is 17.9. The fourth-order valence-electron chi connectivity index (χ4n) is 7.18. The van der Waals surface area contributed by atoms with Crippen molar-refractivity contribution in [2.75, 3.05) is 26.7 Å². The molecule has 10 heteroatoms. The highest BCUT2D eigenvalue weighted by Gasteiger charge is 2.56. The number of carbonyl (C=O) groups excluding carboxylic acids is 3. The minimum Gasteiger partial charge on any atom is -0.497 e. The van der Waals surface area contributed by atoms with Crippen LogP contribution in [0.25, 0.3) is 0 Å². The van der Waals surface area contributed by atoms with Crippen molar-refractivity contribution in [2.45, 2.75) is 89.6 Å². The highest BCUT2D eigenvalue weighted by Crippen LogP contribution is 2.39. The van der Waals surface area contributed by atoms with Crippen molar-refractivity contribution in [1.29, 1.82) is 0 Å². The first-order valence-corrected chi connectivity index (χ1v) is 17.9. The van der Waals surface area contributed by atoms with Crippen molar-refractivity contribution >= 4 is 17.8 Å². The Morgan fingerprint density at radius 3 is 2.28 bits per heavy atom. The molecule has 0 spiro atoms. The number of hydrogen-bond acceptors (Lipinski definition) is 6. The molecule has 1 aliphatic heterocycles. The molecule has 0 radical (unpaired) electrons. The van der Waals surface area contributed by atoms with E-state index < -0.39 is 29.8 Å². The average Bonchev–Trinajstić information content (AvgIpc) is 3.47. The van der Waals surface area contributed by atoms with Gasteiger partial charge in [-0.15, -0.1) is 0 Å². The number of benzene rings is 3. The van der Waals surface area contributed by atoms with Crippen molar-refractivity contribution in [2.24, 2.45) is 11.7 Å². The number of likely N-dealkylation sites (tertiary alicyclic amines) is 1. The SMILES string of the molecule is CCCN(C(N)=O)C1([C@@H](C)CC)CCN([C@@H](CCc2ccccc2)C(=O)N[C@@H](Cc2ccccc2)[C@H](O)CNCc2cccc(OC)c2)C1=O. The number of nitrogens with zero attached hydrogens (tertiary/aromatic N) is 2. The lowest BCUT2D eigenvalue weighted by Crippen LogP contribution is -2.63. The van der Waals surface area contributed by atoms with Crippen LogP contribution in [0.4, 0.5) is 4.79 Å². The summed E-state index contributed by atoms with van der Waals surface area (Å²) in [5.41, 5.74) is 7.82. The van der Waals surface area contributed by atoms with Gasteiger partial charge in [0.15, 0.2) is 0 Å². The molecule has 0 bridgehead atoms. The maximum Gasteiger partial charge on any atom is 0.315 e. The Morgan fingerprint density at radius 1 is 1.00 bits per heavy atom. The molecule has 4 amide bonds. The number of amides is 4. The first kappa shape index (κ1) is 38.4. The topological polar surface area (TPSA) is 137 Å². The van der Waals surface area contributed by atoms with E-state index in [1.54, 1.807) is 12.0 Å². The van der Waals surface area contributed by atoms with Crippen LogP contribution >= 0.6 is 0 Å². The molecule has 5 N–H and O–H groups in total. The van der Waals surface area contributed by atoms with Crippen LogP contribution in [0.3, 0.4) is 0 Å². The zero-order chi connectivity index (χ0) is 36.1. The molecule has 0 aromatic heterocycles. The maximum absolute atomic E-state index is 14.7. The van der Waals surface area contributed by atoms with E-state index >= 15 is 0 Å². The summed E-state index contributed by atoms with van der Waals surface area (Å²) in [6.07, 6.45) is 2.13. The predicted octanol–water partition coefficient (Wildman–Crippen LogP) is 4.68. The monoisotopic (exact) mass is 685 g/mol. The molecule has 10 nitrogen and oxygen atoms in total. The zero-order valence-electron chi connectivity index (χ0n) is 30.0. The van der Waals surface area contributed by atoms with Crippen LogP contribution in [0, 0.1) is 5.92 Å². The molecule has 1 saturated heterocycles. The van der Waals surface area contributed by atoms with E-state index in [4.69, 9.17) is 10.5 Å². The molecule has 3 aromatic carbocycles. The van der Waals surface area contributed by atoms with Crippen LogP contribution in [0.5, 0.6) is 5.75 Å². The standard InChI is InChI=1S/C40H55N5O5/c1-5-23-45(39(41)49)40(29(3)6-2)22-24-44(38(40)48)35(21-20-30-14-9-7-10-15-30)37(47)43-34(26-31-16-11-8-12-17-31)36(46)28-42-27-32-18-13-19-33(25-32)50-4/h7-19,25,29,34-36,42,46H,5-6,20-24,26-28H2,1-4H3,(H2,41,49)(H,43,47)/t29-,34-,35-,36+,40?/m0/s1. The second-order valence-corrected chi connectivity index (χ2v) is 13.4. The number of carbonyl (C=O) groups is 3. The Hall–Kier alpha value is -4.41. The van der Waals surface area contributed by atoms with Gasteiger partial charge < -0.3 is 36.0 Å². The van der Waals surface area contributed by atoms with Gasteiger partial charge >= 0.3 is 6.03 Å². The van der Waals surface area contributed by atoms with E-state index in [-0.39, 0.29) is 24.3 Å². The number of nitrogens with two attached hydrogens (primary N) is 1. The summed E-state index contributed by atoms with van der Waals surface area (Å²) < 4.78 is 5.34. The number of aliphatic hydroxyl groups is 1. The summed E-state index contributed by atoms with van der Waals surface area (Å²) in [5, 5.41) is 18.0. The van der Waals surface area contributed by atoms with Crippen LogP contribution in [-0.2, 0) is 29.0 Å². The molecule has 1 unspecified atom stereocenters. The number of urea groups is 1. The van der Waals surface area contributed by atoms with Crippen LogP contribution < -0.4 is 21.1 Å². The molecule has 0 aliphatic carbocycles. The van der Waals surface area contributed by atoms with Gasteiger partial charge in [0.05, 0.1) is 19.3 Å². The molecule has 50 heavy (non-hydrogen) atoms. The largest absolute Gasteiger partial charge is 0.497 e. The molecule has 0 saturated carbocycles. The Labute approximate surface area is 297 Å². The molecule has 1 aliphatic rings. The summed E-state index contributed by atoms with van der Waals surface area (Å²) in [4.78, 5) is 45.2. The fourth-order valence-corrected chi connectivity index (χ4v) is 7.18. The smallest absolute Gasteiger partial charge is 0.315 e. The number of hydrogen-bond donors (Lipinski definition) is 4. The zero-order valence-corrected chi connectivity index (χ0v) is 30.0. The van der Waals surface area contributed by atoms with Crippen molar-refractivity contribution in [1.82, 2.24) is 20.4 Å². The Bertz CT molecular complexity index is 1520. The lowest BCUT2D eigenvalue weighted by Gasteiger charge is -2.43. The van der Waals surface area contributed by atoms with E-state index in [0.717, 1.165) is 22.4 Å². The third-order valence-corrected chi connectivity index (χ3v) is 10.1. The maximum atomic E-state index is 14.7. The van der Waals surface area contributed by atoms with Gasteiger partial charge in [0.25, 0.3) is 0 Å². The summed E-state index contributed by atoms with van der Waals surface area (Å²) in [7, 11) is 1.62. The first-order chi connectivity index (χ1) is 24.1. The van der Waals surface area contributed by atoms with E-state index in [1.807, 2.05) is 106 Å². The third-order valence-electron chi connectivity index (χ3n) is 10.1. The Balaban J connectivity index is 1.61. The van der Waals surface area contributed by atoms with Gasteiger partial charge in [0, 0.05) is 26.2 Å². The summed E-state index contributed by atoms with van der Waals surface area (Å²) in [5.74, 6) is 0.0128. The highest BCUT2D eigenvalue weighted by molar-refractivity contribution is 5.96. The number of nitrogens with one attached hydrogen (secondary N) is 2. The van der Waals surface area contributed by atoms with Crippen LogP contribution in [0.15, 0.2) is 84.9 Å². The van der Waals surface area contributed by atoms with Gasteiger partial charge in [0.2, 0.25) is 11.8 Å². The van der Waals surface area contributed by atoms with Gasteiger partial charge in [0.1, 0.15) is 17.3 Å². The molecule has 4 rings (SSSR count). The van der Waals surface area contributed by atoms with Crippen LogP contribution in [-0.4, -0.2) is 83.2 Å². The highest BCUT2D eigenvalue weighted by atomic mass is 16.5. The van der Waals surface area contributed by atoms with Gasteiger partial charge in [-0.3, -0.25) is 9.59 Å². The molecular weight excluding hydrogens is 630 g/mol. The number of rotatable bonds is 19. The third kappa shape index (κ3) is 9.43. The van der Waals surface area contributed by atoms with E-state index in [9.17, 15) is 19.5 Å². The average molecular weight is 686 g/mol. The number of aliphatic hydroxyl groups excluding tert-OH is 1. The normalized spacial score (nSPS) is 18.3. The van der Waals surface area contributed by atoms with Crippen molar-refractivity contribution < 1.29 is 24.2 Å². The second kappa shape index (κ2) is 18.5. The number of primary amides is 1. The minimum atomic E-state index is -1.13. The number of methoxy groups -OCH3 is 1. The lowest BCUT2D eigenvalue weighted by atomic mass is 9.80. The summed E-state index contributed by atoms with van der Waals surface area (Å²) in [6, 6.07) is 25.3. The summed E-state index contributed by atoms with van der Waals surface area (Å²) >= 11 is 0.